The van der Waals surface area contributed by atoms with E-state index in [2.05, 4.69) is 11.4 Å². The van der Waals surface area contributed by atoms with Crippen molar-refractivity contribution in [3.05, 3.63) is 0 Å². The summed E-state index contributed by atoms with van der Waals surface area (Å²) in [6, 6.07) is 2.55. The van der Waals surface area contributed by atoms with Gasteiger partial charge in [-0.15, -0.1) is 0 Å². The summed E-state index contributed by atoms with van der Waals surface area (Å²) in [7, 11) is 1.81. The van der Waals surface area contributed by atoms with Gasteiger partial charge in [0.25, 0.3) is 0 Å². The molecule has 0 aliphatic carbocycles. The summed E-state index contributed by atoms with van der Waals surface area (Å²) in [4.78, 5) is 12.9. The Hall–Kier alpha value is -1.08. The van der Waals surface area contributed by atoms with E-state index in [1.54, 1.807) is 4.90 Å². The Bertz CT molecular complexity index is 259. The van der Waals surface area contributed by atoms with Crippen molar-refractivity contribution in [2.24, 2.45) is 5.92 Å². The molecule has 1 aliphatic rings. The number of carbonyl (C=O) groups excluding carboxylic acids is 1. The first-order valence-electron chi connectivity index (χ1n) is 4.94. The molecular formula is C10H17N3O. The Labute approximate surface area is 84.9 Å². The smallest absolute Gasteiger partial charge is 0.224 e. The maximum absolute atomic E-state index is 11.2. The third-order valence-electron chi connectivity index (χ3n) is 2.79. The second-order valence-corrected chi connectivity index (χ2v) is 4.05. The molecule has 1 heterocycles. The quantitative estimate of drug-likeness (QED) is 0.707. The van der Waals surface area contributed by atoms with Crippen molar-refractivity contribution < 1.29 is 4.79 Å². The molecule has 0 aromatic carbocycles. The van der Waals surface area contributed by atoms with Crippen molar-refractivity contribution in [3.63, 3.8) is 0 Å². The van der Waals surface area contributed by atoms with Gasteiger partial charge in [-0.05, 0) is 13.8 Å². The van der Waals surface area contributed by atoms with Crippen molar-refractivity contribution >= 4 is 5.91 Å². The number of nitrogens with one attached hydrogen (secondary N) is 1. The van der Waals surface area contributed by atoms with Gasteiger partial charge in [0.15, 0.2) is 0 Å². The number of hydrogen-bond donors (Lipinski definition) is 1. The fourth-order valence-corrected chi connectivity index (χ4v) is 1.60. The molecular weight excluding hydrogens is 178 g/mol. The Morgan fingerprint density at radius 2 is 2.29 bits per heavy atom. The van der Waals surface area contributed by atoms with E-state index in [9.17, 15) is 4.79 Å². The minimum atomic E-state index is -0.0176. The number of rotatable bonds is 3. The summed E-state index contributed by atoms with van der Waals surface area (Å²) in [6.07, 6.45) is 0.555. The maximum atomic E-state index is 11.2. The van der Waals surface area contributed by atoms with Gasteiger partial charge in [-0.25, -0.2) is 0 Å². The molecule has 0 saturated carbocycles. The predicted octanol–water partition coefficient (Wildman–Crippen LogP) is 0.355. The van der Waals surface area contributed by atoms with Crippen LogP contribution in [0.1, 0.15) is 20.3 Å². The zero-order chi connectivity index (χ0) is 10.7. The van der Waals surface area contributed by atoms with Crippen molar-refractivity contribution in [3.8, 4) is 6.07 Å². The van der Waals surface area contributed by atoms with E-state index in [0.29, 0.717) is 6.42 Å². The summed E-state index contributed by atoms with van der Waals surface area (Å²) < 4.78 is 0. The average molecular weight is 195 g/mol. The molecule has 14 heavy (non-hydrogen) atoms. The first-order valence-corrected chi connectivity index (χ1v) is 4.94. The van der Waals surface area contributed by atoms with Gasteiger partial charge in [0.2, 0.25) is 5.91 Å². The van der Waals surface area contributed by atoms with E-state index in [4.69, 9.17) is 5.26 Å². The zero-order valence-corrected chi connectivity index (χ0v) is 8.95. The number of nitriles is 1. The van der Waals surface area contributed by atoms with Gasteiger partial charge in [0, 0.05) is 32.1 Å². The molecule has 0 spiro atoms. The molecule has 4 nitrogen and oxygen atoms in total. The van der Waals surface area contributed by atoms with Crippen LogP contribution < -0.4 is 5.32 Å². The average Bonchev–Trinajstić information content (AvgIpc) is 2.44. The zero-order valence-electron chi connectivity index (χ0n) is 8.95. The number of carbonyl (C=O) groups is 1. The Morgan fingerprint density at radius 3 is 2.71 bits per heavy atom. The lowest BCUT2D eigenvalue weighted by atomic mass is 10.0. The third kappa shape index (κ3) is 2.46. The van der Waals surface area contributed by atoms with Gasteiger partial charge in [-0.3, -0.25) is 4.79 Å². The van der Waals surface area contributed by atoms with Crippen molar-refractivity contribution in [1.82, 2.24) is 10.2 Å². The van der Waals surface area contributed by atoms with Crippen LogP contribution >= 0.6 is 0 Å². The van der Waals surface area contributed by atoms with Gasteiger partial charge in [0.05, 0.1) is 12.0 Å². The first kappa shape index (κ1) is 11.0. The van der Waals surface area contributed by atoms with Crippen LogP contribution in [0.4, 0.5) is 0 Å². The standard InChI is InChI=1S/C10H17N3O/c1-7(5-11)8(2)12-9-4-10(14)13(3)6-9/h7-9,12H,4,6H2,1-3H3. The molecule has 1 amide bonds. The Balaban J connectivity index is 2.40. The summed E-state index contributed by atoms with van der Waals surface area (Å²) in [5.74, 6) is 0.162. The number of hydrogen-bond acceptors (Lipinski definition) is 3. The lowest BCUT2D eigenvalue weighted by Crippen LogP contribution is -2.41. The maximum Gasteiger partial charge on any atom is 0.224 e. The number of likely N-dealkylation sites (N-methyl/N-ethyl adjacent to an activating group) is 1. The van der Waals surface area contributed by atoms with E-state index < -0.39 is 0 Å². The molecule has 4 heteroatoms. The van der Waals surface area contributed by atoms with Gasteiger partial charge < -0.3 is 10.2 Å². The van der Waals surface area contributed by atoms with Gasteiger partial charge in [-0.1, -0.05) is 0 Å². The number of amides is 1. The van der Waals surface area contributed by atoms with Crippen LogP contribution in [-0.4, -0.2) is 36.5 Å². The van der Waals surface area contributed by atoms with Crippen molar-refractivity contribution in [2.45, 2.75) is 32.4 Å². The highest BCUT2D eigenvalue weighted by atomic mass is 16.2. The van der Waals surface area contributed by atoms with Gasteiger partial charge in [0.1, 0.15) is 0 Å². The molecule has 3 atom stereocenters. The second-order valence-electron chi connectivity index (χ2n) is 4.05. The largest absolute Gasteiger partial charge is 0.344 e. The monoisotopic (exact) mass is 195 g/mol. The molecule has 0 bridgehead atoms. The highest BCUT2D eigenvalue weighted by molar-refractivity contribution is 5.78. The van der Waals surface area contributed by atoms with Crippen LogP contribution in [0.15, 0.2) is 0 Å². The van der Waals surface area contributed by atoms with Crippen LogP contribution in [0.3, 0.4) is 0 Å². The molecule has 1 fully saturated rings. The number of nitrogens with zero attached hydrogens (tertiary/aromatic N) is 2. The molecule has 0 radical (unpaired) electrons. The van der Waals surface area contributed by atoms with E-state index >= 15 is 0 Å². The topological polar surface area (TPSA) is 56.1 Å². The SMILES string of the molecule is CC(C#N)C(C)NC1CC(=O)N(C)C1. The predicted molar refractivity (Wildman–Crippen MR) is 53.4 cm³/mol. The lowest BCUT2D eigenvalue weighted by Gasteiger charge is -2.20. The summed E-state index contributed by atoms with van der Waals surface area (Å²) in [5.41, 5.74) is 0. The van der Waals surface area contributed by atoms with Crippen LogP contribution in [0.2, 0.25) is 0 Å². The molecule has 0 aromatic rings. The Morgan fingerprint density at radius 1 is 1.64 bits per heavy atom. The Kier molecular flexibility index (Phi) is 3.48. The number of likely N-dealkylation sites (tertiary alicyclic amines) is 1. The molecule has 3 unspecified atom stereocenters. The fraction of sp³-hybridized carbons (Fsp3) is 0.800. The minimum absolute atomic E-state index is 0.0176. The van der Waals surface area contributed by atoms with Crippen molar-refractivity contribution in [1.29, 1.82) is 5.26 Å². The van der Waals surface area contributed by atoms with Crippen LogP contribution in [0.5, 0.6) is 0 Å². The van der Waals surface area contributed by atoms with Crippen LogP contribution in [0.25, 0.3) is 0 Å². The third-order valence-corrected chi connectivity index (χ3v) is 2.79. The van der Waals surface area contributed by atoms with Gasteiger partial charge in [-0.2, -0.15) is 5.26 Å². The van der Waals surface area contributed by atoms with Crippen LogP contribution in [0, 0.1) is 17.2 Å². The molecule has 1 N–H and O–H groups in total. The van der Waals surface area contributed by atoms with Gasteiger partial charge >= 0.3 is 0 Å². The van der Waals surface area contributed by atoms with E-state index in [1.807, 2.05) is 20.9 Å². The lowest BCUT2D eigenvalue weighted by molar-refractivity contribution is -0.126. The molecule has 78 valence electrons. The summed E-state index contributed by atoms with van der Waals surface area (Å²) >= 11 is 0. The minimum Gasteiger partial charge on any atom is -0.344 e. The highest BCUT2D eigenvalue weighted by Crippen LogP contribution is 2.11. The van der Waals surface area contributed by atoms with E-state index in [0.717, 1.165) is 6.54 Å². The normalized spacial score (nSPS) is 26.0. The summed E-state index contributed by atoms with van der Waals surface area (Å²) in [6.45, 7) is 4.62. The van der Waals surface area contributed by atoms with E-state index in [-0.39, 0.29) is 23.9 Å². The molecule has 1 saturated heterocycles. The highest BCUT2D eigenvalue weighted by Gasteiger charge is 2.28. The summed E-state index contributed by atoms with van der Waals surface area (Å²) in [5, 5.41) is 12.0. The molecule has 1 aliphatic heterocycles. The first-order chi connectivity index (χ1) is 6.54. The van der Waals surface area contributed by atoms with Crippen molar-refractivity contribution in [2.75, 3.05) is 13.6 Å². The fourth-order valence-electron chi connectivity index (χ4n) is 1.60. The van der Waals surface area contributed by atoms with E-state index in [1.165, 1.54) is 0 Å². The second kappa shape index (κ2) is 4.43. The van der Waals surface area contributed by atoms with Crippen LogP contribution in [-0.2, 0) is 4.79 Å². The molecule has 1 rings (SSSR count). The molecule has 0 aromatic heterocycles.